The molecule has 0 aliphatic heterocycles. The molecule has 0 saturated carbocycles. The van der Waals surface area contributed by atoms with Gasteiger partial charge < -0.3 is 5.11 Å². The van der Waals surface area contributed by atoms with E-state index in [9.17, 15) is 0 Å². The van der Waals surface area contributed by atoms with Crippen LogP contribution in [-0.2, 0) is 0 Å². The maximum Gasteiger partial charge on any atom is 0.0692 e. The Morgan fingerprint density at radius 3 is 1.67 bits per heavy atom. The molecule has 0 fully saturated rings. The molecule has 1 heteroatoms. The lowest BCUT2D eigenvalue weighted by atomic mass is 10.1. The third-order valence-corrected chi connectivity index (χ3v) is 3.39. The van der Waals surface area contributed by atoms with Gasteiger partial charge in [0.1, 0.15) is 0 Å². The fourth-order valence-electron chi connectivity index (χ4n) is 2.22. The molecule has 0 rings (SSSR count). The summed E-state index contributed by atoms with van der Waals surface area (Å²) in [6, 6.07) is 0. The molecule has 0 aliphatic carbocycles. The van der Waals surface area contributed by atoms with E-state index in [1.165, 1.54) is 70.6 Å². The van der Waals surface area contributed by atoms with Gasteiger partial charge in [-0.05, 0) is 19.8 Å². The molecule has 0 amide bonds. The van der Waals surface area contributed by atoms with E-state index in [-0.39, 0.29) is 6.10 Å². The van der Waals surface area contributed by atoms with Gasteiger partial charge in [-0.15, -0.1) is 0 Å². The van der Waals surface area contributed by atoms with Crippen molar-refractivity contribution in [2.45, 2.75) is 97.0 Å². The number of hydrogen-bond acceptors (Lipinski definition) is 1. The van der Waals surface area contributed by atoms with Gasteiger partial charge in [-0.3, -0.25) is 0 Å². The first-order chi connectivity index (χ1) is 8.77. The Kier molecular flexibility index (Phi) is 14.5. The van der Waals surface area contributed by atoms with E-state index in [2.05, 4.69) is 13.0 Å². The van der Waals surface area contributed by atoms with Crippen molar-refractivity contribution >= 4 is 0 Å². The van der Waals surface area contributed by atoms with Crippen LogP contribution in [0.15, 0.2) is 12.2 Å². The largest absolute Gasteiger partial charge is 0.389 e. The van der Waals surface area contributed by atoms with Crippen molar-refractivity contribution in [3.8, 4) is 0 Å². The van der Waals surface area contributed by atoms with E-state index in [1.807, 2.05) is 6.08 Å². The lowest BCUT2D eigenvalue weighted by Gasteiger charge is -2.01. The van der Waals surface area contributed by atoms with Crippen LogP contribution in [0.4, 0.5) is 0 Å². The molecule has 1 atom stereocenters. The summed E-state index contributed by atoms with van der Waals surface area (Å²) in [6.45, 7) is 4.08. The SMILES string of the molecule is CCCCCCCCCCCCC/C=C/C(C)O. The summed E-state index contributed by atoms with van der Waals surface area (Å²) < 4.78 is 0. The minimum atomic E-state index is -0.280. The van der Waals surface area contributed by atoms with Crippen LogP contribution in [0.1, 0.15) is 90.9 Å². The van der Waals surface area contributed by atoms with Crippen molar-refractivity contribution in [2.75, 3.05) is 0 Å². The molecular weight excluding hydrogens is 220 g/mol. The molecule has 1 N–H and O–H groups in total. The summed E-state index contributed by atoms with van der Waals surface area (Å²) >= 11 is 0. The molecule has 18 heavy (non-hydrogen) atoms. The molecule has 0 aromatic heterocycles. The monoisotopic (exact) mass is 254 g/mol. The third kappa shape index (κ3) is 15.7. The smallest absolute Gasteiger partial charge is 0.0692 e. The van der Waals surface area contributed by atoms with Gasteiger partial charge in [-0.1, -0.05) is 83.3 Å². The van der Waals surface area contributed by atoms with Crippen molar-refractivity contribution in [1.82, 2.24) is 0 Å². The highest BCUT2D eigenvalue weighted by atomic mass is 16.3. The number of hydrogen-bond donors (Lipinski definition) is 1. The minimum absolute atomic E-state index is 0.280. The first-order valence-electron chi connectivity index (χ1n) is 8.12. The highest BCUT2D eigenvalue weighted by molar-refractivity contribution is 4.85. The molecule has 0 saturated heterocycles. The minimum Gasteiger partial charge on any atom is -0.389 e. The second-order valence-corrected chi connectivity index (χ2v) is 5.49. The van der Waals surface area contributed by atoms with Crippen LogP contribution >= 0.6 is 0 Å². The lowest BCUT2D eigenvalue weighted by Crippen LogP contribution is -1.91. The third-order valence-electron chi connectivity index (χ3n) is 3.39. The zero-order valence-electron chi connectivity index (χ0n) is 12.7. The molecule has 1 unspecified atom stereocenters. The van der Waals surface area contributed by atoms with Gasteiger partial charge in [-0.25, -0.2) is 0 Å². The average molecular weight is 254 g/mol. The van der Waals surface area contributed by atoms with Gasteiger partial charge in [0.25, 0.3) is 0 Å². The quantitative estimate of drug-likeness (QED) is 0.334. The molecule has 0 aliphatic rings. The number of aliphatic hydroxyl groups is 1. The van der Waals surface area contributed by atoms with Gasteiger partial charge in [0.15, 0.2) is 0 Å². The Balaban J connectivity index is 2.99. The molecule has 0 spiro atoms. The Bertz CT molecular complexity index is 172. The first kappa shape index (κ1) is 17.7. The Labute approximate surface area is 115 Å². The first-order valence-corrected chi connectivity index (χ1v) is 8.12. The second kappa shape index (κ2) is 14.8. The highest BCUT2D eigenvalue weighted by Gasteiger charge is 1.92. The summed E-state index contributed by atoms with van der Waals surface area (Å²) in [5.41, 5.74) is 0. The fraction of sp³-hybridized carbons (Fsp3) is 0.882. The second-order valence-electron chi connectivity index (χ2n) is 5.49. The maximum absolute atomic E-state index is 9.04. The van der Waals surface area contributed by atoms with Crippen LogP contribution in [0.25, 0.3) is 0 Å². The van der Waals surface area contributed by atoms with Crippen molar-refractivity contribution in [3.05, 3.63) is 12.2 Å². The van der Waals surface area contributed by atoms with Gasteiger partial charge >= 0.3 is 0 Å². The summed E-state index contributed by atoms with van der Waals surface area (Å²) in [7, 11) is 0. The summed E-state index contributed by atoms with van der Waals surface area (Å²) in [6.07, 6.45) is 20.2. The Hall–Kier alpha value is -0.300. The van der Waals surface area contributed by atoms with Crippen LogP contribution < -0.4 is 0 Å². The average Bonchev–Trinajstić information content (AvgIpc) is 2.34. The number of allylic oxidation sites excluding steroid dienone is 1. The molecule has 108 valence electrons. The highest BCUT2D eigenvalue weighted by Crippen LogP contribution is 2.11. The Morgan fingerprint density at radius 1 is 0.778 bits per heavy atom. The number of unbranched alkanes of at least 4 members (excludes halogenated alkanes) is 11. The van der Waals surface area contributed by atoms with E-state index < -0.39 is 0 Å². The van der Waals surface area contributed by atoms with Crippen molar-refractivity contribution in [1.29, 1.82) is 0 Å². The normalized spacial score (nSPS) is 13.3. The van der Waals surface area contributed by atoms with E-state index in [4.69, 9.17) is 5.11 Å². The fourth-order valence-corrected chi connectivity index (χ4v) is 2.22. The topological polar surface area (TPSA) is 20.2 Å². The lowest BCUT2D eigenvalue weighted by molar-refractivity contribution is 0.244. The predicted octanol–water partition coefficient (Wildman–Crippen LogP) is 5.62. The van der Waals surface area contributed by atoms with Crippen molar-refractivity contribution in [3.63, 3.8) is 0 Å². The van der Waals surface area contributed by atoms with Crippen LogP contribution in [0.3, 0.4) is 0 Å². The van der Waals surface area contributed by atoms with E-state index in [1.54, 1.807) is 6.92 Å². The molecule has 0 heterocycles. The molecule has 0 aromatic carbocycles. The van der Waals surface area contributed by atoms with Crippen molar-refractivity contribution in [2.24, 2.45) is 0 Å². The summed E-state index contributed by atoms with van der Waals surface area (Å²) in [4.78, 5) is 0. The van der Waals surface area contributed by atoms with Crippen LogP contribution in [0, 0.1) is 0 Å². The zero-order valence-corrected chi connectivity index (χ0v) is 12.7. The maximum atomic E-state index is 9.04. The van der Waals surface area contributed by atoms with Crippen LogP contribution in [0.5, 0.6) is 0 Å². The van der Waals surface area contributed by atoms with Gasteiger partial charge in [-0.2, -0.15) is 0 Å². The molecule has 1 nitrogen and oxygen atoms in total. The van der Waals surface area contributed by atoms with Crippen molar-refractivity contribution < 1.29 is 5.11 Å². The number of rotatable bonds is 13. The van der Waals surface area contributed by atoms with Gasteiger partial charge in [0, 0.05) is 0 Å². The summed E-state index contributed by atoms with van der Waals surface area (Å²) in [5, 5.41) is 9.04. The molecule has 0 aromatic rings. The van der Waals surface area contributed by atoms with E-state index >= 15 is 0 Å². The Morgan fingerprint density at radius 2 is 1.22 bits per heavy atom. The van der Waals surface area contributed by atoms with E-state index in [0.717, 1.165) is 6.42 Å². The predicted molar refractivity (Wildman–Crippen MR) is 81.9 cm³/mol. The van der Waals surface area contributed by atoms with Crippen LogP contribution in [0.2, 0.25) is 0 Å². The zero-order chi connectivity index (χ0) is 13.5. The standard InChI is InChI=1S/C17H34O/c1-3-4-5-6-7-8-9-10-11-12-13-14-15-16-17(2)18/h15-18H,3-14H2,1-2H3/b16-15+. The molecule has 0 radical (unpaired) electrons. The summed E-state index contributed by atoms with van der Waals surface area (Å²) in [5.74, 6) is 0. The molecular formula is C17H34O. The number of aliphatic hydroxyl groups excluding tert-OH is 1. The van der Waals surface area contributed by atoms with E-state index in [0.29, 0.717) is 0 Å². The van der Waals surface area contributed by atoms with Gasteiger partial charge in [0.05, 0.1) is 6.10 Å². The van der Waals surface area contributed by atoms with Crippen LogP contribution in [-0.4, -0.2) is 11.2 Å². The molecule has 0 bridgehead atoms. The van der Waals surface area contributed by atoms with Gasteiger partial charge in [0.2, 0.25) is 0 Å².